The van der Waals surface area contributed by atoms with Gasteiger partial charge in [-0.15, -0.1) is 0 Å². The Labute approximate surface area is 100 Å². The Balaban J connectivity index is 2.32. The van der Waals surface area contributed by atoms with E-state index in [2.05, 4.69) is 18.7 Å². The first-order chi connectivity index (χ1) is 7.67. The summed E-state index contributed by atoms with van der Waals surface area (Å²) in [7, 11) is 1.78. The quantitative estimate of drug-likeness (QED) is 0.754. The minimum absolute atomic E-state index is 0.461. The molecule has 3 heteroatoms. The number of nitrogens with two attached hydrogens (primary N) is 1. The van der Waals surface area contributed by atoms with Gasteiger partial charge in [-0.25, -0.2) is 0 Å². The Kier molecular flexibility index (Phi) is 6.32. The Morgan fingerprint density at radius 3 is 2.44 bits per heavy atom. The molecule has 0 heterocycles. The second kappa shape index (κ2) is 7.25. The number of methoxy groups -OCH3 is 1. The molecular weight excluding hydrogens is 200 g/mol. The molecule has 1 atom stereocenters. The first kappa shape index (κ1) is 13.9. The Bertz CT molecular complexity index is 179. The molecular formula is C13H28N2O. The van der Waals surface area contributed by atoms with Gasteiger partial charge in [-0.05, 0) is 45.1 Å². The van der Waals surface area contributed by atoms with Crippen LogP contribution in [0, 0.1) is 5.92 Å². The highest BCUT2D eigenvalue weighted by atomic mass is 16.5. The second-order valence-corrected chi connectivity index (χ2v) is 5.17. The van der Waals surface area contributed by atoms with Crippen LogP contribution in [0.2, 0.25) is 0 Å². The van der Waals surface area contributed by atoms with Gasteiger partial charge in [0.25, 0.3) is 0 Å². The van der Waals surface area contributed by atoms with Crippen LogP contribution in [0.15, 0.2) is 0 Å². The lowest BCUT2D eigenvalue weighted by Crippen LogP contribution is -2.41. The fraction of sp³-hybridized carbons (Fsp3) is 1.00. The van der Waals surface area contributed by atoms with E-state index in [1.807, 2.05) is 0 Å². The van der Waals surface area contributed by atoms with Crippen LogP contribution in [-0.2, 0) is 4.74 Å². The molecule has 1 aliphatic carbocycles. The van der Waals surface area contributed by atoms with Gasteiger partial charge in [0.05, 0.1) is 6.61 Å². The van der Waals surface area contributed by atoms with Gasteiger partial charge in [-0.2, -0.15) is 0 Å². The molecule has 3 nitrogen and oxygen atoms in total. The van der Waals surface area contributed by atoms with Gasteiger partial charge in [-0.1, -0.05) is 6.92 Å². The molecule has 16 heavy (non-hydrogen) atoms. The van der Waals surface area contributed by atoms with Crippen LogP contribution in [0.25, 0.3) is 0 Å². The third kappa shape index (κ3) is 4.40. The molecule has 0 amide bonds. The number of hydrogen-bond donors (Lipinski definition) is 1. The molecule has 0 saturated heterocycles. The molecule has 0 radical (unpaired) electrons. The third-order valence-electron chi connectivity index (χ3n) is 3.82. The van der Waals surface area contributed by atoms with Crippen molar-refractivity contribution in [2.45, 2.75) is 51.6 Å². The Morgan fingerprint density at radius 1 is 1.31 bits per heavy atom. The van der Waals surface area contributed by atoms with Gasteiger partial charge in [0.1, 0.15) is 0 Å². The van der Waals surface area contributed by atoms with Gasteiger partial charge < -0.3 is 10.5 Å². The Morgan fingerprint density at radius 2 is 1.94 bits per heavy atom. The highest BCUT2D eigenvalue weighted by Crippen LogP contribution is 2.24. The van der Waals surface area contributed by atoms with E-state index < -0.39 is 0 Å². The lowest BCUT2D eigenvalue weighted by atomic mass is 9.86. The molecule has 1 unspecified atom stereocenters. The maximum atomic E-state index is 5.93. The fourth-order valence-corrected chi connectivity index (χ4v) is 2.67. The first-order valence-corrected chi connectivity index (χ1v) is 6.65. The summed E-state index contributed by atoms with van der Waals surface area (Å²) < 4.78 is 5.23. The molecule has 1 fully saturated rings. The normalized spacial score (nSPS) is 28.3. The van der Waals surface area contributed by atoms with E-state index in [1.54, 1.807) is 7.11 Å². The van der Waals surface area contributed by atoms with Crippen molar-refractivity contribution in [1.29, 1.82) is 0 Å². The van der Waals surface area contributed by atoms with Crippen molar-refractivity contribution in [3.05, 3.63) is 0 Å². The van der Waals surface area contributed by atoms with E-state index in [0.29, 0.717) is 12.1 Å². The summed E-state index contributed by atoms with van der Waals surface area (Å²) in [4.78, 5) is 2.53. The lowest BCUT2D eigenvalue weighted by molar-refractivity contribution is 0.0850. The zero-order valence-corrected chi connectivity index (χ0v) is 11.1. The van der Waals surface area contributed by atoms with E-state index in [-0.39, 0.29) is 0 Å². The molecule has 0 spiro atoms. The van der Waals surface area contributed by atoms with Gasteiger partial charge in [-0.3, -0.25) is 4.90 Å². The summed E-state index contributed by atoms with van der Waals surface area (Å²) in [6, 6.07) is 0.994. The molecule has 0 bridgehead atoms. The molecule has 0 aliphatic heterocycles. The summed E-state index contributed by atoms with van der Waals surface area (Å²) in [5, 5.41) is 0. The zero-order chi connectivity index (χ0) is 12.0. The van der Waals surface area contributed by atoms with E-state index in [4.69, 9.17) is 10.5 Å². The van der Waals surface area contributed by atoms with Crippen molar-refractivity contribution in [2.24, 2.45) is 11.7 Å². The van der Waals surface area contributed by atoms with Crippen LogP contribution >= 0.6 is 0 Å². The van der Waals surface area contributed by atoms with Crippen molar-refractivity contribution in [2.75, 3.05) is 26.8 Å². The number of hydrogen-bond acceptors (Lipinski definition) is 3. The van der Waals surface area contributed by atoms with Crippen molar-refractivity contribution in [3.8, 4) is 0 Å². The zero-order valence-electron chi connectivity index (χ0n) is 11.1. The summed E-state index contributed by atoms with van der Waals surface area (Å²) in [6.45, 7) is 7.66. The molecule has 1 rings (SSSR count). The van der Waals surface area contributed by atoms with Crippen molar-refractivity contribution >= 4 is 0 Å². The monoisotopic (exact) mass is 228 g/mol. The number of ether oxygens (including phenoxy) is 1. The van der Waals surface area contributed by atoms with Crippen molar-refractivity contribution < 1.29 is 4.74 Å². The van der Waals surface area contributed by atoms with Crippen molar-refractivity contribution in [1.82, 2.24) is 4.90 Å². The highest BCUT2D eigenvalue weighted by molar-refractivity contribution is 4.78. The molecule has 0 aromatic heterocycles. The van der Waals surface area contributed by atoms with E-state index in [9.17, 15) is 0 Å². The molecule has 0 aromatic rings. The van der Waals surface area contributed by atoms with E-state index >= 15 is 0 Å². The van der Waals surface area contributed by atoms with E-state index in [1.165, 1.54) is 32.2 Å². The number of nitrogens with zero attached hydrogens (tertiary/aromatic N) is 1. The van der Waals surface area contributed by atoms with Crippen LogP contribution < -0.4 is 5.73 Å². The average Bonchev–Trinajstić information content (AvgIpc) is 2.28. The minimum Gasteiger partial charge on any atom is -0.383 e. The number of rotatable bonds is 6. The highest BCUT2D eigenvalue weighted by Gasteiger charge is 2.22. The standard InChI is InChI=1S/C13H28N2O/c1-4-15(11(2)10-16-3)9-12-5-7-13(14)8-6-12/h11-13H,4-10,14H2,1-3H3. The van der Waals surface area contributed by atoms with Gasteiger partial charge >= 0.3 is 0 Å². The lowest BCUT2D eigenvalue weighted by Gasteiger charge is -2.34. The largest absolute Gasteiger partial charge is 0.383 e. The summed E-state index contributed by atoms with van der Waals surface area (Å²) in [5.74, 6) is 0.846. The van der Waals surface area contributed by atoms with Crippen molar-refractivity contribution in [3.63, 3.8) is 0 Å². The van der Waals surface area contributed by atoms with Gasteiger partial charge in [0.2, 0.25) is 0 Å². The maximum absolute atomic E-state index is 5.93. The number of likely N-dealkylation sites (N-methyl/N-ethyl adjacent to an activating group) is 1. The molecule has 1 aliphatic rings. The molecule has 96 valence electrons. The predicted molar refractivity (Wildman–Crippen MR) is 68.5 cm³/mol. The minimum atomic E-state index is 0.461. The van der Waals surface area contributed by atoms with Crippen LogP contribution in [0.5, 0.6) is 0 Å². The Hall–Kier alpha value is -0.120. The smallest absolute Gasteiger partial charge is 0.0615 e. The van der Waals surface area contributed by atoms with Crippen LogP contribution in [-0.4, -0.2) is 43.8 Å². The molecule has 1 saturated carbocycles. The summed E-state index contributed by atoms with van der Waals surface area (Å²) >= 11 is 0. The summed E-state index contributed by atoms with van der Waals surface area (Å²) in [5.41, 5.74) is 5.93. The second-order valence-electron chi connectivity index (χ2n) is 5.17. The average molecular weight is 228 g/mol. The molecule has 0 aromatic carbocycles. The first-order valence-electron chi connectivity index (χ1n) is 6.65. The SMILES string of the molecule is CCN(CC1CCC(N)CC1)C(C)COC. The van der Waals surface area contributed by atoms with E-state index in [0.717, 1.165) is 19.1 Å². The third-order valence-corrected chi connectivity index (χ3v) is 3.82. The maximum Gasteiger partial charge on any atom is 0.0615 e. The summed E-state index contributed by atoms with van der Waals surface area (Å²) in [6.07, 6.45) is 5.02. The van der Waals surface area contributed by atoms with Gasteiger partial charge in [0.15, 0.2) is 0 Å². The van der Waals surface area contributed by atoms with Gasteiger partial charge in [0, 0.05) is 25.7 Å². The predicted octanol–water partition coefficient (Wildman–Crippen LogP) is 1.86. The fourth-order valence-electron chi connectivity index (χ4n) is 2.67. The van der Waals surface area contributed by atoms with Crippen LogP contribution in [0.4, 0.5) is 0 Å². The molecule has 2 N–H and O–H groups in total. The van der Waals surface area contributed by atoms with Crippen LogP contribution in [0.1, 0.15) is 39.5 Å². The van der Waals surface area contributed by atoms with Crippen LogP contribution in [0.3, 0.4) is 0 Å². The topological polar surface area (TPSA) is 38.5 Å².